The first-order valence-electron chi connectivity index (χ1n) is 6.18. The third-order valence-corrected chi connectivity index (χ3v) is 3.06. The van der Waals surface area contributed by atoms with E-state index in [4.69, 9.17) is 10.5 Å². The van der Waals surface area contributed by atoms with Gasteiger partial charge in [0.05, 0.1) is 6.61 Å². The number of ether oxygens (including phenoxy) is 1. The van der Waals surface area contributed by atoms with Gasteiger partial charge in [-0.2, -0.15) is 0 Å². The number of fused-ring (bicyclic) bond motifs is 1. The van der Waals surface area contributed by atoms with Crippen molar-refractivity contribution in [2.75, 3.05) is 6.61 Å². The second-order valence-electron chi connectivity index (χ2n) is 5.06. The van der Waals surface area contributed by atoms with Crippen LogP contribution in [0.4, 0.5) is 0 Å². The van der Waals surface area contributed by atoms with Gasteiger partial charge in [-0.05, 0) is 48.4 Å². The zero-order valence-electron chi connectivity index (χ0n) is 10.2. The Kier molecular flexibility index (Phi) is 3.49. The lowest BCUT2D eigenvalue weighted by molar-refractivity contribution is 0.270. The van der Waals surface area contributed by atoms with Gasteiger partial charge in [-0.15, -0.1) is 0 Å². The molecule has 0 aliphatic heterocycles. The molecule has 0 spiro atoms. The molecule has 1 aromatic rings. The third-order valence-electron chi connectivity index (χ3n) is 3.06. The summed E-state index contributed by atoms with van der Waals surface area (Å²) in [5, 5.41) is 0. The lowest BCUT2D eigenvalue weighted by atomic mass is 9.88. The van der Waals surface area contributed by atoms with Crippen molar-refractivity contribution in [3.05, 3.63) is 29.3 Å². The van der Waals surface area contributed by atoms with E-state index in [1.165, 1.54) is 17.5 Å². The van der Waals surface area contributed by atoms with Crippen molar-refractivity contribution in [1.29, 1.82) is 0 Å². The van der Waals surface area contributed by atoms with Crippen molar-refractivity contribution in [3.8, 4) is 5.75 Å². The zero-order valence-corrected chi connectivity index (χ0v) is 10.2. The maximum Gasteiger partial charge on any atom is 0.119 e. The molecular formula is C14H21NO. The van der Waals surface area contributed by atoms with E-state index in [0.29, 0.717) is 5.92 Å². The molecule has 0 radical (unpaired) electrons. The molecule has 16 heavy (non-hydrogen) atoms. The molecule has 1 unspecified atom stereocenters. The van der Waals surface area contributed by atoms with Crippen LogP contribution in [-0.2, 0) is 6.42 Å². The molecule has 88 valence electrons. The van der Waals surface area contributed by atoms with Crippen LogP contribution in [0.25, 0.3) is 0 Å². The van der Waals surface area contributed by atoms with Gasteiger partial charge >= 0.3 is 0 Å². The Labute approximate surface area is 97.8 Å². The van der Waals surface area contributed by atoms with Crippen LogP contribution >= 0.6 is 0 Å². The average molecular weight is 219 g/mol. The monoisotopic (exact) mass is 219 g/mol. The van der Waals surface area contributed by atoms with E-state index in [1.807, 2.05) is 0 Å². The van der Waals surface area contributed by atoms with Gasteiger partial charge in [0.15, 0.2) is 0 Å². The van der Waals surface area contributed by atoms with Crippen LogP contribution in [-0.4, -0.2) is 6.61 Å². The first-order valence-corrected chi connectivity index (χ1v) is 6.18. The summed E-state index contributed by atoms with van der Waals surface area (Å²) in [6, 6.07) is 6.57. The molecule has 0 aromatic heterocycles. The second kappa shape index (κ2) is 4.88. The predicted octanol–water partition coefficient (Wildman–Crippen LogP) is 3.06. The Balaban J connectivity index is 2.14. The molecule has 0 fully saturated rings. The van der Waals surface area contributed by atoms with Crippen molar-refractivity contribution in [2.45, 2.75) is 39.2 Å². The van der Waals surface area contributed by atoms with Crippen LogP contribution in [0.1, 0.15) is 43.9 Å². The molecule has 0 heterocycles. The Morgan fingerprint density at radius 3 is 3.00 bits per heavy atom. The molecule has 0 saturated heterocycles. The van der Waals surface area contributed by atoms with Gasteiger partial charge in [0.25, 0.3) is 0 Å². The number of nitrogens with two attached hydrogens (primary N) is 1. The summed E-state index contributed by atoms with van der Waals surface area (Å²) in [4.78, 5) is 0. The minimum atomic E-state index is 0.200. The molecule has 2 nitrogen and oxygen atoms in total. The zero-order chi connectivity index (χ0) is 11.5. The van der Waals surface area contributed by atoms with E-state index in [1.54, 1.807) is 0 Å². The molecule has 2 rings (SSSR count). The van der Waals surface area contributed by atoms with Crippen molar-refractivity contribution in [1.82, 2.24) is 0 Å². The van der Waals surface area contributed by atoms with E-state index < -0.39 is 0 Å². The Morgan fingerprint density at radius 2 is 2.25 bits per heavy atom. The van der Waals surface area contributed by atoms with Gasteiger partial charge in [-0.1, -0.05) is 19.9 Å². The molecule has 2 N–H and O–H groups in total. The highest BCUT2D eigenvalue weighted by molar-refractivity contribution is 5.39. The van der Waals surface area contributed by atoms with Crippen LogP contribution < -0.4 is 10.5 Å². The van der Waals surface area contributed by atoms with Crippen LogP contribution in [0.3, 0.4) is 0 Å². The largest absolute Gasteiger partial charge is 0.493 e. The standard InChI is InChI=1S/C14H21NO/c1-10(2)9-16-12-7-6-11-4-3-5-14(15)13(11)8-12/h6-8,10,14H,3-5,9,15H2,1-2H3. The van der Waals surface area contributed by atoms with Gasteiger partial charge in [-0.25, -0.2) is 0 Å². The summed E-state index contributed by atoms with van der Waals surface area (Å²) in [5.41, 5.74) is 8.80. The highest BCUT2D eigenvalue weighted by atomic mass is 16.5. The van der Waals surface area contributed by atoms with E-state index >= 15 is 0 Å². The van der Waals surface area contributed by atoms with E-state index in [0.717, 1.165) is 25.2 Å². The number of hydrogen-bond donors (Lipinski definition) is 1. The summed E-state index contributed by atoms with van der Waals surface area (Å²) in [7, 11) is 0. The van der Waals surface area contributed by atoms with Crippen LogP contribution in [0.15, 0.2) is 18.2 Å². The van der Waals surface area contributed by atoms with Crippen LogP contribution in [0, 0.1) is 5.92 Å². The molecular weight excluding hydrogens is 198 g/mol. The normalized spacial score (nSPS) is 19.6. The minimum absolute atomic E-state index is 0.200. The number of hydrogen-bond acceptors (Lipinski definition) is 2. The van der Waals surface area contributed by atoms with Gasteiger partial charge in [0.1, 0.15) is 5.75 Å². The van der Waals surface area contributed by atoms with E-state index in [9.17, 15) is 0 Å². The molecule has 0 saturated carbocycles. The molecule has 1 atom stereocenters. The summed E-state index contributed by atoms with van der Waals surface area (Å²) in [6.07, 6.45) is 3.47. The van der Waals surface area contributed by atoms with Crippen molar-refractivity contribution < 1.29 is 4.74 Å². The number of aryl methyl sites for hydroxylation is 1. The lowest BCUT2D eigenvalue weighted by Crippen LogP contribution is -2.17. The first-order chi connectivity index (χ1) is 7.66. The van der Waals surface area contributed by atoms with Crippen LogP contribution in [0.5, 0.6) is 5.75 Å². The Bertz CT molecular complexity index is 360. The maximum absolute atomic E-state index is 6.12. The van der Waals surface area contributed by atoms with Crippen molar-refractivity contribution >= 4 is 0 Å². The third kappa shape index (κ3) is 2.56. The van der Waals surface area contributed by atoms with E-state index in [-0.39, 0.29) is 6.04 Å². The van der Waals surface area contributed by atoms with E-state index in [2.05, 4.69) is 32.0 Å². The fourth-order valence-corrected chi connectivity index (χ4v) is 2.17. The fraction of sp³-hybridized carbons (Fsp3) is 0.571. The minimum Gasteiger partial charge on any atom is -0.493 e. The number of rotatable bonds is 3. The average Bonchev–Trinajstić information content (AvgIpc) is 2.27. The molecule has 1 aromatic carbocycles. The first kappa shape index (κ1) is 11.5. The summed E-state index contributed by atoms with van der Waals surface area (Å²) < 4.78 is 5.73. The molecule has 1 aliphatic rings. The van der Waals surface area contributed by atoms with Gasteiger partial charge in [-0.3, -0.25) is 0 Å². The summed E-state index contributed by atoms with van der Waals surface area (Å²) >= 11 is 0. The highest BCUT2D eigenvalue weighted by Crippen LogP contribution is 2.30. The number of benzene rings is 1. The van der Waals surface area contributed by atoms with Crippen molar-refractivity contribution in [2.24, 2.45) is 11.7 Å². The molecule has 1 aliphatic carbocycles. The SMILES string of the molecule is CC(C)COc1ccc2c(c1)C(N)CCC2. The van der Waals surface area contributed by atoms with Gasteiger partial charge < -0.3 is 10.5 Å². The second-order valence-corrected chi connectivity index (χ2v) is 5.06. The van der Waals surface area contributed by atoms with Crippen molar-refractivity contribution in [3.63, 3.8) is 0 Å². The molecule has 0 bridgehead atoms. The summed E-state index contributed by atoms with van der Waals surface area (Å²) in [5.74, 6) is 1.52. The van der Waals surface area contributed by atoms with Gasteiger partial charge in [0, 0.05) is 6.04 Å². The smallest absolute Gasteiger partial charge is 0.119 e. The van der Waals surface area contributed by atoms with Crippen LogP contribution in [0.2, 0.25) is 0 Å². The topological polar surface area (TPSA) is 35.2 Å². The summed E-state index contributed by atoms with van der Waals surface area (Å²) in [6.45, 7) is 5.09. The fourth-order valence-electron chi connectivity index (χ4n) is 2.17. The Hall–Kier alpha value is -1.02. The Morgan fingerprint density at radius 1 is 1.44 bits per heavy atom. The molecule has 0 amide bonds. The molecule has 2 heteroatoms. The lowest BCUT2D eigenvalue weighted by Gasteiger charge is -2.23. The maximum atomic E-state index is 6.12. The van der Waals surface area contributed by atoms with Gasteiger partial charge in [0.2, 0.25) is 0 Å². The predicted molar refractivity (Wildman–Crippen MR) is 66.6 cm³/mol. The quantitative estimate of drug-likeness (QED) is 0.848. The highest BCUT2D eigenvalue weighted by Gasteiger charge is 2.17.